The van der Waals surface area contributed by atoms with Crippen molar-refractivity contribution >= 4 is 11.9 Å². The molecule has 178 valence electrons. The third kappa shape index (κ3) is 2.28. The van der Waals surface area contributed by atoms with Crippen molar-refractivity contribution in [2.45, 2.75) is 83.4 Å². The number of carbonyl (C=O) groups is 2. The van der Waals surface area contributed by atoms with Gasteiger partial charge in [-0.15, -0.1) is 0 Å². The van der Waals surface area contributed by atoms with E-state index >= 15 is 0 Å². The fourth-order valence-corrected chi connectivity index (χ4v) is 8.79. The Bertz CT molecular complexity index is 1060. The molecule has 0 radical (unpaired) electrons. The summed E-state index contributed by atoms with van der Waals surface area (Å²) in [5.74, 6) is -0.820. The Kier molecular flexibility index (Phi) is 3.96. The molecule has 1 N–H and O–H groups in total. The summed E-state index contributed by atoms with van der Waals surface area (Å²) in [7, 11) is 0. The lowest BCUT2D eigenvalue weighted by atomic mass is 9.37. The van der Waals surface area contributed by atoms with Crippen molar-refractivity contribution < 1.29 is 33.3 Å². The fraction of sp³-hybridized carbons (Fsp3) is 0.692. The van der Waals surface area contributed by atoms with E-state index in [9.17, 15) is 14.7 Å². The average molecular weight is 457 g/mol. The van der Waals surface area contributed by atoms with Gasteiger partial charge in [-0.3, -0.25) is 0 Å². The molecule has 1 spiro atoms. The van der Waals surface area contributed by atoms with Crippen molar-refractivity contribution in [1.29, 1.82) is 0 Å². The molecule has 6 rings (SSSR count). The molecule has 2 aliphatic carbocycles. The number of cyclic esters (lactones) is 2. The number of hydrogen-bond acceptors (Lipinski definition) is 7. The third-order valence-corrected chi connectivity index (χ3v) is 10.2. The molecule has 3 aliphatic heterocycles. The molecule has 0 amide bonds. The monoisotopic (exact) mass is 456 g/mol. The first-order valence-electron chi connectivity index (χ1n) is 11.9. The number of aliphatic hydroxyl groups is 1. The molecule has 2 saturated heterocycles. The molecule has 0 bridgehead atoms. The molecule has 9 atom stereocenters. The number of esters is 2. The number of fused-ring (bicyclic) bond motifs is 3. The largest absolute Gasteiger partial charge is 0.472 e. The minimum atomic E-state index is -0.858. The number of aliphatic hydroxyl groups excluding tert-OH is 1. The number of hydrogen-bond donors (Lipinski definition) is 1. The van der Waals surface area contributed by atoms with Gasteiger partial charge in [0.05, 0.1) is 18.6 Å². The van der Waals surface area contributed by atoms with Gasteiger partial charge < -0.3 is 23.7 Å². The van der Waals surface area contributed by atoms with E-state index in [2.05, 4.69) is 20.8 Å². The Morgan fingerprint density at radius 2 is 1.82 bits per heavy atom. The van der Waals surface area contributed by atoms with Crippen LogP contribution >= 0.6 is 0 Å². The summed E-state index contributed by atoms with van der Waals surface area (Å²) in [6.45, 7) is 10.3. The zero-order valence-electron chi connectivity index (χ0n) is 19.8. The van der Waals surface area contributed by atoms with Crippen LogP contribution in [0.3, 0.4) is 0 Å². The number of carbonyl (C=O) groups excluding carboxylic acids is 2. The summed E-state index contributed by atoms with van der Waals surface area (Å²) in [4.78, 5) is 25.5. The smallest absolute Gasteiger partial charge is 0.339 e. The summed E-state index contributed by atoms with van der Waals surface area (Å²) in [5.41, 5.74) is -2.44. The van der Waals surface area contributed by atoms with E-state index in [4.69, 9.17) is 18.6 Å². The van der Waals surface area contributed by atoms with Crippen LogP contribution in [0.4, 0.5) is 0 Å². The highest BCUT2D eigenvalue weighted by atomic mass is 16.7. The van der Waals surface area contributed by atoms with E-state index in [1.807, 2.05) is 26.0 Å². The highest BCUT2D eigenvalue weighted by Crippen LogP contribution is 2.79. The minimum absolute atomic E-state index is 0.0160. The molecule has 4 heterocycles. The lowest BCUT2D eigenvalue weighted by Gasteiger charge is -2.67. The number of ether oxygens (including phenoxy) is 3. The van der Waals surface area contributed by atoms with Gasteiger partial charge in [-0.2, -0.15) is 0 Å². The minimum Gasteiger partial charge on any atom is -0.472 e. The molecule has 1 aromatic heterocycles. The number of allylic oxidation sites excluding steroid dienone is 1. The van der Waals surface area contributed by atoms with E-state index < -0.39 is 45.8 Å². The molecule has 33 heavy (non-hydrogen) atoms. The van der Waals surface area contributed by atoms with Crippen LogP contribution in [0.2, 0.25) is 0 Å². The van der Waals surface area contributed by atoms with Crippen molar-refractivity contribution in [1.82, 2.24) is 0 Å². The molecule has 0 unspecified atom stereocenters. The molecule has 1 aromatic rings. The molecule has 0 aromatic carbocycles. The van der Waals surface area contributed by atoms with Crippen molar-refractivity contribution in [2.24, 2.45) is 28.1 Å². The SMILES string of the molecule is CC1(C)OC(=O)C=C[C@@]2(C)[C@@H]1C[C@@H](O)[C@]1(C)[C@@H]2CC[C@@]2(C)[C@H](c3ccoc3)OC(=O)[C@H]3O[C@@]312. The van der Waals surface area contributed by atoms with E-state index in [-0.39, 0.29) is 23.8 Å². The molecular weight excluding hydrogens is 424 g/mol. The zero-order valence-corrected chi connectivity index (χ0v) is 19.8. The second kappa shape index (κ2) is 6.11. The van der Waals surface area contributed by atoms with Crippen LogP contribution < -0.4 is 0 Å². The Balaban J connectivity index is 1.52. The van der Waals surface area contributed by atoms with Crippen molar-refractivity contribution in [3.63, 3.8) is 0 Å². The van der Waals surface area contributed by atoms with Gasteiger partial charge >= 0.3 is 11.9 Å². The zero-order chi connectivity index (χ0) is 23.6. The Morgan fingerprint density at radius 3 is 2.52 bits per heavy atom. The molecular formula is C26H32O7. The lowest BCUT2D eigenvalue weighted by molar-refractivity contribution is -0.252. The van der Waals surface area contributed by atoms with Gasteiger partial charge in [0.15, 0.2) is 6.10 Å². The predicted octanol–water partition coefficient (Wildman–Crippen LogP) is 3.72. The van der Waals surface area contributed by atoms with E-state index in [1.54, 1.807) is 18.6 Å². The van der Waals surface area contributed by atoms with Gasteiger partial charge in [-0.05, 0) is 50.5 Å². The lowest BCUT2D eigenvalue weighted by Crippen LogP contribution is -2.72. The van der Waals surface area contributed by atoms with Gasteiger partial charge in [0, 0.05) is 28.4 Å². The maximum atomic E-state index is 13.1. The van der Waals surface area contributed by atoms with Gasteiger partial charge in [0.25, 0.3) is 0 Å². The molecule has 4 fully saturated rings. The fourth-order valence-electron chi connectivity index (χ4n) is 8.79. The summed E-state index contributed by atoms with van der Waals surface area (Å²) in [5, 5.41) is 11.8. The van der Waals surface area contributed by atoms with Crippen molar-refractivity contribution in [3.05, 3.63) is 36.3 Å². The summed E-state index contributed by atoms with van der Waals surface area (Å²) in [6.07, 6.45) is 6.82. The highest BCUT2D eigenvalue weighted by Gasteiger charge is 2.87. The Hall–Kier alpha value is -2.12. The second-order valence-corrected chi connectivity index (χ2v) is 11.9. The maximum Gasteiger partial charge on any atom is 0.339 e. The Labute approximate surface area is 193 Å². The molecule has 5 aliphatic rings. The highest BCUT2D eigenvalue weighted by molar-refractivity contribution is 5.83. The van der Waals surface area contributed by atoms with Crippen LogP contribution in [0.5, 0.6) is 0 Å². The average Bonchev–Trinajstić information content (AvgIpc) is 3.33. The third-order valence-electron chi connectivity index (χ3n) is 10.2. The first-order valence-corrected chi connectivity index (χ1v) is 11.9. The number of epoxide rings is 1. The molecule has 7 heteroatoms. The maximum absolute atomic E-state index is 13.1. The molecule has 2 saturated carbocycles. The summed E-state index contributed by atoms with van der Waals surface area (Å²) < 4.78 is 23.4. The quantitative estimate of drug-likeness (QED) is 0.508. The van der Waals surface area contributed by atoms with Crippen LogP contribution in [-0.2, 0) is 23.8 Å². The first-order chi connectivity index (χ1) is 15.4. The van der Waals surface area contributed by atoms with Crippen LogP contribution in [0.1, 0.15) is 65.5 Å². The van der Waals surface area contributed by atoms with E-state index in [0.717, 1.165) is 18.4 Å². The first kappa shape index (κ1) is 21.4. The normalized spacial score (nSPS) is 51.8. The van der Waals surface area contributed by atoms with Gasteiger partial charge in [0.2, 0.25) is 0 Å². The predicted molar refractivity (Wildman–Crippen MR) is 116 cm³/mol. The van der Waals surface area contributed by atoms with Gasteiger partial charge in [-0.1, -0.05) is 26.8 Å². The van der Waals surface area contributed by atoms with Crippen LogP contribution in [0.15, 0.2) is 35.2 Å². The Morgan fingerprint density at radius 1 is 1.06 bits per heavy atom. The van der Waals surface area contributed by atoms with E-state index in [0.29, 0.717) is 6.42 Å². The number of rotatable bonds is 1. The topological polar surface area (TPSA) is 98.5 Å². The van der Waals surface area contributed by atoms with Gasteiger partial charge in [-0.25, -0.2) is 9.59 Å². The van der Waals surface area contributed by atoms with Crippen molar-refractivity contribution in [3.8, 4) is 0 Å². The van der Waals surface area contributed by atoms with Crippen LogP contribution in [-0.4, -0.2) is 40.5 Å². The van der Waals surface area contributed by atoms with Crippen LogP contribution in [0.25, 0.3) is 0 Å². The van der Waals surface area contributed by atoms with Crippen molar-refractivity contribution in [2.75, 3.05) is 0 Å². The molecule has 7 nitrogen and oxygen atoms in total. The summed E-state index contributed by atoms with van der Waals surface area (Å²) in [6, 6.07) is 1.84. The van der Waals surface area contributed by atoms with Crippen LogP contribution in [0, 0.1) is 28.1 Å². The second-order valence-electron chi connectivity index (χ2n) is 11.9. The standard InChI is InChI=1S/C26H32O7/c1-22(2)16-12-17(27)25(5)15(23(16,3)9-7-18(28)32-22)6-10-24(4)19(14-8-11-30-13-14)31-21(29)20-26(24,25)33-20/h7-9,11,13,15-17,19-20,27H,6,10,12H2,1-5H3/t15-,16-,17-,19+,20-,23-,24+,25+,26-/m1/s1. The summed E-state index contributed by atoms with van der Waals surface area (Å²) >= 11 is 0. The van der Waals surface area contributed by atoms with E-state index in [1.165, 1.54) is 0 Å². The van der Waals surface area contributed by atoms with Gasteiger partial charge in [0.1, 0.15) is 17.3 Å². The number of furan rings is 1.